The summed E-state index contributed by atoms with van der Waals surface area (Å²) < 4.78 is 52.5. The van der Waals surface area contributed by atoms with Gasteiger partial charge in [-0.2, -0.15) is 9.57 Å². The minimum atomic E-state index is -3.86. The van der Waals surface area contributed by atoms with E-state index in [-0.39, 0.29) is 24.9 Å². The third kappa shape index (κ3) is 3.22. The SMILES string of the molecule is C[C@H]1CCCN1S(=O)(=O)c1cccc(S(=O)(=O)c2ccc(C#N)s2)c1. The molecule has 0 bridgehead atoms. The van der Waals surface area contributed by atoms with Crippen LogP contribution in [-0.4, -0.2) is 33.7 Å². The van der Waals surface area contributed by atoms with Gasteiger partial charge in [0, 0.05) is 12.6 Å². The van der Waals surface area contributed by atoms with Crippen LogP contribution in [0.3, 0.4) is 0 Å². The van der Waals surface area contributed by atoms with Crippen LogP contribution in [0, 0.1) is 11.3 Å². The molecule has 9 heteroatoms. The Hall–Kier alpha value is -1.73. The van der Waals surface area contributed by atoms with E-state index in [1.807, 2.05) is 13.0 Å². The summed E-state index contributed by atoms with van der Waals surface area (Å²) in [5.41, 5.74) is 0. The van der Waals surface area contributed by atoms with Crippen LogP contribution in [-0.2, 0) is 19.9 Å². The van der Waals surface area contributed by atoms with Crippen molar-refractivity contribution in [3.63, 3.8) is 0 Å². The van der Waals surface area contributed by atoms with Crippen LogP contribution in [0.4, 0.5) is 0 Å². The zero-order valence-electron chi connectivity index (χ0n) is 13.4. The van der Waals surface area contributed by atoms with Gasteiger partial charge in [-0.15, -0.1) is 11.3 Å². The highest BCUT2D eigenvalue weighted by atomic mass is 32.2. The number of rotatable bonds is 4. The minimum Gasteiger partial charge on any atom is -0.218 e. The van der Waals surface area contributed by atoms with Gasteiger partial charge in [0.1, 0.15) is 15.2 Å². The summed E-state index contributed by atoms with van der Waals surface area (Å²) in [6, 6.07) is 10.0. The van der Waals surface area contributed by atoms with Crippen LogP contribution in [0.2, 0.25) is 0 Å². The molecule has 1 fully saturated rings. The average Bonchev–Trinajstić information content (AvgIpc) is 3.24. The third-order valence-electron chi connectivity index (χ3n) is 4.17. The highest BCUT2D eigenvalue weighted by Gasteiger charge is 2.33. The number of benzene rings is 1. The fraction of sp³-hybridized carbons (Fsp3) is 0.312. The first-order valence-corrected chi connectivity index (χ1v) is 11.4. The summed E-state index contributed by atoms with van der Waals surface area (Å²) in [6.45, 7) is 2.29. The van der Waals surface area contributed by atoms with Crippen molar-refractivity contribution in [3.8, 4) is 6.07 Å². The molecule has 0 radical (unpaired) electrons. The third-order valence-corrected chi connectivity index (χ3v) is 9.41. The van der Waals surface area contributed by atoms with Crippen LogP contribution >= 0.6 is 11.3 Å². The Bertz CT molecular complexity index is 1050. The maximum absolute atomic E-state index is 12.8. The van der Waals surface area contributed by atoms with Crippen molar-refractivity contribution in [2.24, 2.45) is 0 Å². The first kappa shape index (κ1) is 18.1. The summed E-state index contributed by atoms with van der Waals surface area (Å²) in [7, 11) is -7.60. The average molecular weight is 397 g/mol. The largest absolute Gasteiger partial charge is 0.243 e. The van der Waals surface area contributed by atoms with Crippen LogP contribution in [0.1, 0.15) is 24.6 Å². The van der Waals surface area contributed by atoms with E-state index in [9.17, 15) is 16.8 Å². The van der Waals surface area contributed by atoms with Crippen molar-refractivity contribution in [3.05, 3.63) is 41.3 Å². The molecule has 0 N–H and O–H groups in total. The van der Waals surface area contributed by atoms with Gasteiger partial charge in [-0.1, -0.05) is 6.07 Å². The highest BCUT2D eigenvalue weighted by Crippen LogP contribution is 2.31. The lowest BCUT2D eigenvalue weighted by atomic mass is 10.3. The second-order valence-electron chi connectivity index (χ2n) is 5.82. The first-order chi connectivity index (χ1) is 11.8. The standard InChI is InChI=1S/C16H16N2O4S3/c1-12-4-3-9-18(12)25(21,22)15-6-2-5-14(10-15)24(19,20)16-8-7-13(11-17)23-16/h2,5-8,10,12H,3-4,9H2,1H3/t12-/m0/s1. The summed E-state index contributed by atoms with van der Waals surface area (Å²) in [5, 5.41) is 8.86. The Labute approximate surface area is 151 Å². The second kappa shape index (κ2) is 6.53. The first-order valence-electron chi connectivity index (χ1n) is 7.64. The van der Waals surface area contributed by atoms with Crippen molar-refractivity contribution < 1.29 is 16.8 Å². The lowest BCUT2D eigenvalue weighted by Crippen LogP contribution is -2.33. The molecule has 3 rings (SSSR count). The van der Waals surface area contributed by atoms with Gasteiger partial charge in [-0.25, -0.2) is 16.8 Å². The van der Waals surface area contributed by atoms with Crippen LogP contribution < -0.4 is 0 Å². The molecule has 0 aliphatic carbocycles. The van der Waals surface area contributed by atoms with E-state index >= 15 is 0 Å². The van der Waals surface area contributed by atoms with Gasteiger partial charge in [-0.3, -0.25) is 0 Å². The molecule has 1 saturated heterocycles. The molecule has 1 aliphatic rings. The smallest absolute Gasteiger partial charge is 0.218 e. The zero-order chi connectivity index (χ0) is 18.2. The molecule has 6 nitrogen and oxygen atoms in total. The molecule has 1 aromatic carbocycles. The Kier molecular flexibility index (Phi) is 4.72. The summed E-state index contributed by atoms with van der Waals surface area (Å²) in [4.78, 5) is 0.166. The number of sulfone groups is 1. The van der Waals surface area contributed by atoms with E-state index in [4.69, 9.17) is 5.26 Å². The van der Waals surface area contributed by atoms with Gasteiger partial charge < -0.3 is 0 Å². The molecule has 25 heavy (non-hydrogen) atoms. The summed E-state index contributed by atoms with van der Waals surface area (Å²) >= 11 is 0.865. The number of hydrogen-bond acceptors (Lipinski definition) is 6. The number of thiophene rings is 1. The van der Waals surface area contributed by atoms with Crippen molar-refractivity contribution >= 4 is 31.2 Å². The van der Waals surface area contributed by atoms with E-state index in [2.05, 4.69) is 0 Å². The lowest BCUT2D eigenvalue weighted by molar-refractivity contribution is 0.408. The lowest BCUT2D eigenvalue weighted by Gasteiger charge is -2.21. The Morgan fingerprint density at radius 2 is 1.88 bits per heavy atom. The molecule has 0 unspecified atom stereocenters. The van der Waals surface area contributed by atoms with E-state index in [0.717, 1.165) is 24.2 Å². The Morgan fingerprint density at radius 1 is 1.16 bits per heavy atom. The van der Waals surface area contributed by atoms with Crippen molar-refractivity contribution in [1.82, 2.24) is 4.31 Å². The summed E-state index contributed by atoms with van der Waals surface area (Å²) in [6.07, 6.45) is 1.59. The highest BCUT2D eigenvalue weighted by molar-refractivity contribution is 7.93. The summed E-state index contributed by atoms with van der Waals surface area (Å²) in [5.74, 6) is 0. The zero-order valence-corrected chi connectivity index (χ0v) is 15.9. The molecule has 2 heterocycles. The van der Waals surface area contributed by atoms with Crippen molar-refractivity contribution in [2.75, 3.05) is 6.54 Å². The maximum Gasteiger partial charge on any atom is 0.243 e. The van der Waals surface area contributed by atoms with Gasteiger partial charge in [0.05, 0.1) is 9.79 Å². The van der Waals surface area contributed by atoms with Crippen LogP contribution in [0.15, 0.2) is 50.4 Å². The molecule has 0 spiro atoms. The minimum absolute atomic E-state index is 0.0214. The maximum atomic E-state index is 12.8. The molecular formula is C16H16N2O4S3. The van der Waals surface area contributed by atoms with Gasteiger partial charge in [0.15, 0.2) is 0 Å². The Morgan fingerprint density at radius 3 is 2.48 bits per heavy atom. The molecule has 1 aliphatic heterocycles. The second-order valence-corrected chi connectivity index (χ2v) is 11.0. The topological polar surface area (TPSA) is 95.3 Å². The van der Waals surface area contributed by atoms with Gasteiger partial charge in [-0.05, 0) is 50.1 Å². The van der Waals surface area contributed by atoms with Gasteiger partial charge in [0.2, 0.25) is 19.9 Å². The number of sulfonamides is 1. The fourth-order valence-electron chi connectivity index (χ4n) is 2.84. The van der Waals surface area contributed by atoms with Crippen LogP contribution in [0.25, 0.3) is 0 Å². The van der Waals surface area contributed by atoms with Crippen molar-refractivity contribution in [2.45, 2.75) is 39.8 Å². The van der Waals surface area contributed by atoms with Gasteiger partial charge >= 0.3 is 0 Å². The number of hydrogen-bond donors (Lipinski definition) is 0. The molecule has 0 saturated carbocycles. The fourth-order valence-corrected chi connectivity index (χ4v) is 7.21. The molecule has 132 valence electrons. The number of nitriles is 1. The normalized spacial score (nSPS) is 19.0. The van der Waals surface area contributed by atoms with Crippen molar-refractivity contribution in [1.29, 1.82) is 5.26 Å². The van der Waals surface area contributed by atoms with E-state index in [1.54, 1.807) is 0 Å². The molecule has 2 aromatic rings. The number of nitrogens with zero attached hydrogens (tertiary/aromatic N) is 2. The van der Waals surface area contributed by atoms with E-state index in [1.165, 1.54) is 40.7 Å². The monoisotopic (exact) mass is 396 g/mol. The molecule has 0 amide bonds. The predicted molar refractivity (Wildman–Crippen MR) is 93.5 cm³/mol. The van der Waals surface area contributed by atoms with Crippen LogP contribution in [0.5, 0.6) is 0 Å². The quantitative estimate of drug-likeness (QED) is 0.792. The molecular weight excluding hydrogens is 380 g/mol. The van der Waals surface area contributed by atoms with E-state index in [0.29, 0.717) is 6.54 Å². The Balaban J connectivity index is 2.03. The molecule has 1 aromatic heterocycles. The predicted octanol–water partition coefficient (Wildman–Crippen LogP) is 2.63. The van der Waals surface area contributed by atoms with E-state index < -0.39 is 19.9 Å². The van der Waals surface area contributed by atoms with Gasteiger partial charge in [0.25, 0.3) is 0 Å². The molecule has 1 atom stereocenters.